The van der Waals surface area contributed by atoms with Crippen molar-refractivity contribution in [1.82, 2.24) is 10.2 Å². The average Bonchev–Trinajstić information content (AvgIpc) is 2.93. The molecule has 0 unspecified atom stereocenters. The maximum atomic E-state index is 13.6. The van der Waals surface area contributed by atoms with E-state index in [4.69, 9.17) is 16.3 Å². The number of aromatic hydroxyl groups is 1. The minimum atomic E-state index is -0.868. The Morgan fingerprint density at radius 1 is 1.54 bits per heavy atom. The lowest BCUT2D eigenvalue weighted by Crippen LogP contribution is -2.40. The summed E-state index contributed by atoms with van der Waals surface area (Å²) in [7, 11) is 1.40. The highest BCUT2D eigenvalue weighted by Crippen LogP contribution is 2.38. The number of aryl methyl sites for hydroxylation is 1. The van der Waals surface area contributed by atoms with Gasteiger partial charge in [0.05, 0.1) is 12.1 Å². The van der Waals surface area contributed by atoms with Crippen molar-refractivity contribution in [1.29, 1.82) is 0 Å². The number of carbonyl (C=O) groups excluding carboxylic acids is 1. The normalized spacial score (nSPS) is 21.0. The molecule has 0 aliphatic carbocycles. The Hall–Kier alpha value is -1.53. The predicted molar refractivity (Wildman–Crippen MR) is 91.9 cm³/mol. The van der Waals surface area contributed by atoms with Crippen LogP contribution in [-0.4, -0.2) is 54.9 Å². The minimum absolute atomic E-state index is 0.0275. The van der Waals surface area contributed by atoms with Crippen LogP contribution in [0.2, 0.25) is 5.02 Å². The van der Waals surface area contributed by atoms with Gasteiger partial charge < -0.3 is 15.2 Å². The first-order valence-electron chi connectivity index (χ1n) is 8.17. The zero-order chi connectivity index (χ0) is 17.9. The Bertz CT molecular complexity index is 612. The van der Waals surface area contributed by atoms with Gasteiger partial charge in [-0.1, -0.05) is 25.4 Å². The van der Waals surface area contributed by atoms with E-state index in [-0.39, 0.29) is 28.1 Å². The molecule has 1 aliphatic heterocycles. The fraction of sp³-hybridized carbons (Fsp3) is 0.588. The van der Waals surface area contributed by atoms with Crippen LogP contribution in [0.1, 0.15) is 36.2 Å². The molecule has 1 aliphatic rings. The largest absolute Gasteiger partial charge is 0.507 e. The second-order valence-electron chi connectivity index (χ2n) is 5.91. The Kier molecular flexibility index (Phi) is 6.29. The molecular weight excluding hydrogens is 334 g/mol. The number of likely N-dealkylation sites (N-methyl/N-ethyl adjacent to an activating group) is 1. The molecule has 24 heavy (non-hydrogen) atoms. The third-order valence-electron chi connectivity index (χ3n) is 4.48. The third-order valence-corrected chi connectivity index (χ3v) is 4.76. The molecule has 7 heteroatoms. The number of nitrogens with one attached hydrogen (secondary N) is 1. The van der Waals surface area contributed by atoms with Crippen LogP contribution < -0.4 is 10.1 Å². The van der Waals surface area contributed by atoms with Crippen molar-refractivity contribution in [2.45, 2.75) is 38.9 Å². The van der Waals surface area contributed by atoms with Crippen LogP contribution in [0.15, 0.2) is 6.07 Å². The number of rotatable bonds is 6. The molecule has 1 amide bonds. The summed E-state index contributed by atoms with van der Waals surface area (Å²) >= 11 is 6.15. The van der Waals surface area contributed by atoms with Crippen LogP contribution in [0.25, 0.3) is 0 Å². The molecule has 0 spiro atoms. The Balaban J connectivity index is 2.19. The SMILES string of the molecule is CCc1cc(Cl)c(OC)c(C(=O)NC[C@@H]2C[C@H]([18F])CN2CC)c1O. The Morgan fingerprint density at radius 2 is 2.25 bits per heavy atom. The molecule has 0 bridgehead atoms. The number of phenols is 1. The first-order chi connectivity index (χ1) is 11.4. The number of hydrogen-bond acceptors (Lipinski definition) is 4. The van der Waals surface area contributed by atoms with Gasteiger partial charge in [0.25, 0.3) is 5.91 Å². The lowest BCUT2D eigenvalue weighted by molar-refractivity contribution is 0.0935. The zero-order valence-electron chi connectivity index (χ0n) is 14.2. The summed E-state index contributed by atoms with van der Waals surface area (Å²) in [5.41, 5.74) is 0.602. The van der Waals surface area contributed by atoms with Crippen molar-refractivity contribution < 1.29 is 19.0 Å². The van der Waals surface area contributed by atoms with Crippen molar-refractivity contribution in [3.63, 3.8) is 0 Å². The molecule has 5 nitrogen and oxygen atoms in total. The summed E-state index contributed by atoms with van der Waals surface area (Å²) < 4.78 is 18.7. The molecule has 2 rings (SSSR count). The summed E-state index contributed by atoms with van der Waals surface area (Å²) in [6.07, 6.45) is 0.0612. The van der Waals surface area contributed by atoms with Crippen LogP contribution in [0.3, 0.4) is 0 Å². The molecule has 1 fully saturated rings. The minimum Gasteiger partial charge on any atom is -0.507 e. The van der Waals surface area contributed by atoms with Crippen molar-refractivity contribution in [3.8, 4) is 11.5 Å². The number of ether oxygens (including phenoxy) is 1. The Morgan fingerprint density at radius 3 is 2.83 bits per heavy atom. The highest BCUT2D eigenvalue weighted by atomic mass is 35.5. The number of hydrogen-bond donors (Lipinski definition) is 2. The van der Waals surface area contributed by atoms with Gasteiger partial charge >= 0.3 is 0 Å². The van der Waals surface area contributed by atoms with Crippen molar-refractivity contribution >= 4 is 17.5 Å². The number of alkyl halides is 1. The van der Waals surface area contributed by atoms with E-state index in [0.29, 0.717) is 31.5 Å². The van der Waals surface area contributed by atoms with E-state index < -0.39 is 12.1 Å². The highest BCUT2D eigenvalue weighted by molar-refractivity contribution is 6.33. The van der Waals surface area contributed by atoms with Crippen LogP contribution in [0, 0.1) is 0 Å². The van der Waals surface area contributed by atoms with Crippen molar-refractivity contribution in [3.05, 3.63) is 22.2 Å². The highest BCUT2D eigenvalue weighted by Gasteiger charge is 2.32. The van der Waals surface area contributed by atoms with E-state index in [9.17, 15) is 14.3 Å². The van der Waals surface area contributed by atoms with Crippen molar-refractivity contribution in [2.75, 3.05) is 26.7 Å². The number of benzene rings is 1. The third kappa shape index (κ3) is 3.75. The Labute approximate surface area is 146 Å². The van der Waals surface area contributed by atoms with Crippen LogP contribution in [0.4, 0.5) is 4.39 Å². The number of nitrogens with zero attached hydrogens (tertiary/aromatic N) is 1. The first-order valence-corrected chi connectivity index (χ1v) is 8.55. The molecular formula is C17H24ClFN2O3. The van der Waals surface area contributed by atoms with Gasteiger partial charge in [0.2, 0.25) is 0 Å². The smallest absolute Gasteiger partial charge is 0.258 e. The molecule has 1 aromatic carbocycles. The van der Waals surface area contributed by atoms with E-state index >= 15 is 0 Å². The quantitative estimate of drug-likeness (QED) is 0.821. The van der Waals surface area contributed by atoms with Gasteiger partial charge in [0, 0.05) is 19.1 Å². The zero-order valence-corrected chi connectivity index (χ0v) is 15.0. The average molecular weight is 358 g/mol. The lowest BCUT2D eigenvalue weighted by atomic mass is 10.0. The van der Waals surface area contributed by atoms with Gasteiger partial charge in [-0.05, 0) is 31.0 Å². The molecule has 2 N–H and O–H groups in total. The molecule has 2 atom stereocenters. The van der Waals surface area contributed by atoms with Crippen LogP contribution in [-0.2, 0) is 6.42 Å². The van der Waals surface area contributed by atoms with E-state index in [1.165, 1.54) is 7.11 Å². The van der Waals surface area contributed by atoms with E-state index in [1.54, 1.807) is 6.07 Å². The van der Waals surface area contributed by atoms with Gasteiger partial charge in [0.1, 0.15) is 17.5 Å². The van der Waals surface area contributed by atoms with Crippen LogP contribution >= 0.6 is 11.6 Å². The van der Waals surface area contributed by atoms with Gasteiger partial charge in [-0.15, -0.1) is 0 Å². The number of amides is 1. The molecule has 0 radical (unpaired) electrons. The van der Waals surface area contributed by atoms with Gasteiger partial charge in [-0.3, -0.25) is 9.69 Å². The second kappa shape index (κ2) is 8.03. The number of carbonyl (C=O) groups is 1. The van der Waals surface area contributed by atoms with E-state index in [1.807, 2.05) is 18.7 Å². The standard InChI is InChI=1S/C17H24ClFN2O3/c1-4-10-6-13(18)16(24-3)14(15(10)22)17(23)20-8-12-7-11(19)9-21(12)5-2/h6,11-12,22H,4-5,7-9H2,1-3H3,(H,20,23)/t11-,12-/m0/s1/i19-1. The number of likely N-dealkylation sites (tertiary alicyclic amines) is 1. The molecule has 1 heterocycles. The summed E-state index contributed by atoms with van der Waals surface area (Å²) in [6.45, 7) is 5.25. The van der Waals surface area contributed by atoms with Crippen LogP contribution in [0.5, 0.6) is 11.5 Å². The monoisotopic (exact) mass is 357 g/mol. The maximum absolute atomic E-state index is 13.6. The molecule has 1 saturated heterocycles. The number of phenolic OH excluding ortho intramolecular Hbond substituents is 1. The summed E-state index contributed by atoms with van der Waals surface area (Å²) in [5, 5.41) is 13.4. The summed E-state index contributed by atoms with van der Waals surface area (Å²) in [6, 6.07) is 1.54. The number of halogens is 2. The summed E-state index contributed by atoms with van der Waals surface area (Å²) in [5.74, 6) is -0.454. The van der Waals surface area contributed by atoms with E-state index in [2.05, 4.69) is 5.32 Å². The maximum Gasteiger partial charge on any atom is 0.258 e. The fourth-order valence-corrected chi connectivity index (χ4v) is 3.48. The van der Waals surface area contributed by atoms with Gasteiger partial charge in [-0.2, -0.15) is 0 Å². The molecule has 134 valence electrons. The van der Waals surface area contributed by atoms with Crippen molar-refractivity contribution in [2.24, 2.45) is 0 Å². The predicted octanol–water partition coefficient (Wildman–Crippen LogP) is 2.78. The van der Waals surface area contributed by atoms with Gasteiger partial charge in [0.15, 0.2) is 5.75 Å². The van der Waals surface area contributed by atoms with Gasteiger partial charge in [-0.25, -0.2) is 4.39 Å². The molecule has 1 aromatic rings. The molecule has 0 aromatic heterocycles. The summed E-state index contributed by atoms with van der Waals surface area (Å²) in [4.78, 5) is 14.6. The van der Waals surface area contributed by atoms with E-state index in [0.717, 1.165) is 6.54 Å². The first kappa shape index (κ1) is 18.8. The molecule has 0 saturated carbocycles. The fourth-order valence-electron chi connectivity index (χ4n) is 3.18. The number of methoxy groups -OCH3 is 1. The lowest BCUT2D eigenvalue weighted by Gasteiger charge is -2.23. The second-order valence-corrected chi connectivity index (χ2v) is 6.32. The topological polar surface area (TPSA) is 61.8 Å².